The number of ether oxygens (including phenoxy) is 1. The van der Waals surface area contributed by atoms with Gasteiger partial charge < -0.3 is 25.8 Å². The second kappa shape index (κ2) is 11.7. The normalized spacial score (nSPS) is 19.2. The standard InChI is InChI=1S/C24H27N5O6S/c30-20(29-23-25-9-4-10-26-23)16-11-15(16)18-7-8-19(36-18)21(31)27-12-17(22(32)33)28-24(34)35-13-14-5-2-1-3-6-14/h1-3,5-8,15-17H,4,9-13H2,(H,27,31)(H,28,34)(H,32,33)(H2,25,26,29,30)/t15-,16+,17-/m0/s1. The van der Waals surface area contributed by atoms with Gasteiger partial charge in [-0.25, -0.2) is 9.59 Å². The molecule has 1 aliphatic carbocycles. The lowest BCUT2D eigenvalue weighted by Gasteiger charge is -2.15. The molecule has 2 aromatic rings. The Bertz CT molecular complexity index is 1150. The number of guanidine groups is 1. The van der Waals surface area contributed by atoms with Gasteiger partial charge in [-0.2, -0.15) is 0 Å². The van der Waals surface area contributed by atoms with Crippen molar-refractivity contribution in [1.82, 2.24) is 21.3 Å². The number of carbonyl (C=O) groups excluding carboxylic acids is 3. The molecule has 1 aromatic carbocycles. The summed E-state index contributed by atoms with van der Waals surface area (Å²) in [7, 11) is 0. The van der Waals surface area contributed by atoms with E-state index < -0.39 is 24.0 Å². The van der Waals surface area contributed by atoms with Gasteiger partial charge in [-0.1, -0.05) is 30.3 Å². The largest absolute Gasteiger partial charge is 0.480 e. The Morgan fingerprint density at radius 1 is 1.17 bits per heavy atom. The number of aliphatic carboxylic acids is 1. The van der Waals surface area contributed by atoms with Crippen LogP contribution in [0.5, 0.6) is 0 Å². The van der Waals surface area contributed by atoms with Gasteiger partial charge in [0.15, 0.2) is 5.96 Å². The first-order valence-corrected chi connectivity index (χ1v) is 12.4. The molecular weight excluding hydrogens is 486 g/mol. The molecule has 11 nitrogen and oxygen atoms in total. The molecule has 1 saturated carbocycles. The third kappa shape index (κ3) is 6.81. The lowest BCUT2D eigenvalue weighted by atomic mass is 10.2. The van der Waals surface area contributed by atoms with Crippen molar-refractivity contribution in [3.8, 4) is 0 Å². The number of carbonyl (C=O) groups is 4. The van der Waals surface area contributed by atoms with E-state index in [2.05, 4.69) is 26.3 Å². The van der Waals surface area contributed by atoms with Crippen molar-refractivity contribution in [3.05, 3.63) is 57.8 Å². The third-order valence-corrected chi connectivity index (χ3v) is 6.97. The van der Waals surface area contributed by atoms with Crippen molar-refractivity contribution in [2.45, 2.75) is 31.4 Å². The summed E-state index contributed by atoms with van der Waals surface area (Å²) in [6.07, 6.45) is 0.732. The minimum Gasteiger partial charge on any atom is -0.480 e. The van der Waals surface area contributed by atoms with Gasteiger partial charge in [0.2, 0.25) is 5.91 Å². The van der Waals surface area contributed by atoms with Crippen LogP contribution in [0.25, 0.3) is 0 Å². The van der Waals surface area contributed by atoms with Gasteiger partial charge >= 0.3 is 12.1 Å². The molecule has 2 heterocycles. The second-order valence-electron chi connectivity index (χ2n) is 8.46. The quantitative estimate of drug-likeness (QED) is 0.339. The van der Waals surface area contributed by atoms with E-state index in [4.69, 9.17) is 4.74 Å². The van der Waals surface area contributed by atoms with Crippen LogP contribution in [0.2, 0.25) is 0 Å². The third-order valence-electron chi connectivity index (χ3n) is 5.75. The first-order valence-electron chi connectivity index (χ1n) is 11.6. The van der Waals surface area contributed by atoms with Gasteiger partial charge in [-0.15, -0.1) is 11.3 Å². The number of aliphatic imine (C=N–C) groups is 1. The molecule has 0 bridgehead atoms. The minimum absolute atomic E-state index is 0.00580. The molecule has 0 saturated heterocycles. The molecule has 3 amide bonds. The Kier molecular flexibility index (Phi) is 8.16. The fourth-order valence-corrected chi connectivity index (χ4v) is 4.79. The zero-order valence-electron chi connectivity index (χ0n) is 19.4. The Balaban J connectivity index is 1.23. The van der Waals surface area contributed by atoms with Crippen molar-refractivity contribution < 1.29 is 29.0 Å². The smallest absolute Gasteiger partial charge is 0.408 e. The van der Waals surface area contributed by atoms with Crippen molar-refractivity contribution >= 4 is 41.2 Å². The highest BCUT2D eigenvalue weighted by molar-refractivity contribution is 7.14. The highest BCUT2D eigenvalue weighted by atomic mass is 32.1. The summed E-state index contributed by atoms with van der Waals surface area (Å²) >= 11 is 1.26. The fraction of sp³-hybridized carbons (Fsp3) is 0.375. The Labute approximate surface area is 211 Å². The van der Waals surface area contributed by atoms with Crippen LogP contribution in [-0.4, -0.2) is 60.6 Å². The van der Waals surface area contributed by atoms with Crippen LogP contribution in [0.1, 0.15) is 38.9 Å². The van der Waals surface area contributed by atoms with Crippen LogP contribution in [0.4, 0.5) is 4.79 Å². The maximum atomic E-state index is 12.6. The van der Waals surface area contributed by atoms with Gasteiger partial charge in [-0.3, -0.25) is 19.9 Å². The highest BCUT2D eigenvalue weighted by Gasteiger charge is 2.45. The van der Waals surface area contributed by atoms with Gasteiger partial charge in [0.05, 0.1) is 4.88 Å². The monoisotopic (exact) mass is 513 g/mol. The van der Waals surface area contributed by atoms with Gasteiger partial charge in [0, 0.05) is 36.3 Å². The molecule has 0 radical (unpaired) electrons. The number of carboxylic acids is 1. The van der Waals surface area contributed by atoms with E-state index in [1.165, 1.54) is 11.3 Å². The zero-order chi connectivity index (χ0) is 25.5. The molecule has 190 valence electrons. The van der Waals surface area contributed by atoms with Gasteiger partial charge in [0.25, 0.3) is 5.91 Å². The summed E-state index contributed by atoms with van der Waals surface area (Å²) in [5.74, 6) is -1.49. The van der Waals surface area contributed by atoms with Crippen LogP contribution in [-0.2, 0) is 20.9 Å². The summed E-state index contributed by atoms with van der Waals surface area (Å²) in [6, 6.07) is 11.1. The number of rotatable bonds is 9. The molecule has 0 spiro atoms. The van der Waals surface area contributed by atoms with E-state index in [9.17, 15) is 24.3 Å². The van der Waals surface area contributed by atoms with E-state index in [-0.39, 0.29) is 30.9 Å². The summed E-state index contributed by atoms with van der Waals surface area (Å²) < 4.78 is 5.05. The average Bonchev–Trinajstić information content (AvgIpc) is 3.54. The van der Waals surface area contributed by atoms with Crippen LogP contribution < -0.4 is 21.3 Å². The average molecular weight is 514 g/mol. The number of thiophene rings is 1. The van der Waals surface area contributed by atoms with Crippen LogP contribution in [0.3, 0.4) is 0 Å². The number of amides is 3. The second-order valence-corrected chi connectivity index (χ2v) is 9.57. The minimum atomic E-state index is -1.36. The van der Waals surface area contributed by atoms with Crippen molar-refractivity contribution in [1.29, 1.82) is 0 Å². The highest BCUT2D eigenvalue weighted by Crippen LogP contribution is 2.49. The van der Waals surface area contributed by atoms with E-state index in [1.807, 2.05) is 12.1 Å². The van der Waals surface area contributed by atoms with E-state index in [0.29, 0.717) is 23.8 Å². The molecule has 12 heteroatoms. The Hall–Kier alpha value is -3.93. The first kappa shape index (κ1) is 25.2. The van der Waals surface area contributed by atoms with Crippen LogP contribution in [0.15, 0.2) is 47.5 Å². The van der Waals surface area contributed by atoms with Gasteiger partial charge in [0.1, 0.15) is 12.6 Å². The summed E-state index contributed by atoms with van der Waals surface area (Å²) in [5.41, 5.74) is 0.760. The number of nitrogens with zero attached hydrogens (tertiary/aromatic N) is 1. The predicted octanol–water partition coefficient (Wildman–Crippen LogP) is 1.43. The van der Waals surface area contributed by atoms with Crippen LogP contribution in [0, 0.1) is 5.92 Å². The maximum absolute atomic E-state index is 12.6. The summed E-state index contributed by atoms with van der Waals surface area (Å²) in [6.45, 7) is 1.15. The molecule has 4 rings (SSSR count). The molecule has 36 heavy (non-hydrogen) atoms. The Morgan fingerprint density at radius 2 is 1.97 bits per heavy atom. The lowest BCUT2D eigenvalue weighted by Crippen LogP contribution is -2.48. The SMILES string of the molecule is O=C(N[C@@H](CNC(=O)c1ccc([C@H]2C[C@H]2C(=O)NC2=NCCCN2)s1)C(=O)O)OCc1ccccc1. The molecule has 1 aliphatic heterocycles. The first-order chi connectivity index (χ1) is 17.4. The number of carboxylic acid groups (broad SMARTS) is 1. The Morgan fingerprint density at radius 3 is 2.69 bits per heavy atom. The molecule has 5 N–H and O–H groups in total. The van der Waals surface area contributed by atoms with E-state index in [0.717, 1.165) is 23.4 Å². The number of alkyl carbamates (subject to hydrolysis) is 1. The molecule has 0 unspecified atom stereocenters. The van der Waals surface area contributed by atoms with Crippen LogP contribution >= 0.6 is 11.3 Å². The zero-order valence-corrected chi connectivity index (χ0v) is 20.2. The number of nitrogens with one attached hydrogen (secondary N) is 4. The van der Waals surface area contributed by atoms with Crippen molar-refractivity contribution in [2.24, 2.45) is 10.9 Å². The van der Waals surface area contributed by atoms with E-state index in [1.54, 1.807) is 30.3 Å². The number of benzene rings is 1. The van der Waals surface area contributed by atoms with E-state index >= 15 is 0 Å². The molecule has 2 aliphatic rings. The van der Waals surface area contributed by atoms with Gasteiger partial charge in [-0.05, 0) is 30.5 Å². The maximum Gasteiger partial charge on any atom is 0.408 e. The molecule has 3 atom stereocenters. The fourth-order valence-electron chi connectivity index (χ4n) is 3.69. The van der Waals surface area contributed by atoms with Crippen molar-refractivity contribution in [3.63, 3.8) is 0 Å². The predicted molar refractivity (Wildman–Crippen MR) is 132 cm³/mol. The number of hydrogen-bond donors (Lipinski definition) is 5. The summed E-state index contributed by atoms with van der Waals surface area (Å²) in [4.78, 5) is 54.1. The molecule has 1 aromatic heterocycles. The van der Waals surface area contributed by atoms with Crippen molar-refractivity contribution in [2.75, 3.05) is 19.6 Å². The topological polar surface area (TPSA) is 158 Å². The number of hydrogen-bond acceptors (Lipinski definition) is 8. The summed E-state index contributed by atoms with van der Waals surface area (Å²) in [5, 5.41) is 20.1. The molecular formula is C24H27N5O6S. The lowest BCUT2D eigenvalue weighted by molar-refractivity contribution is -0.139. The molecule has 1 fully saturated rings.